The van der Waals surface area contributed by atoms with Crippen LogP contribution >= 0.6 is 0 Å². The van der Waals surface area contributed by atoms with Gasteiger partial charge in [0.2, 0.25) is 23.6 Å². The fraction of sp³-hybridized carbons (Fsp3) is 0.739. The highest BCUT2D eigenvalue weighted by Gasteiger charge is 2.27. The topological polar surface area (TPSA) is 353 Å². The first kappa shape index (κ1) is 68.7. The average molecular weight is 1120 g/mol. The predicted molar refractivity (Wildman–Crippen MR) is 272 cm³/mol. The van der Waals surface area contributed by atoms with Crippen molar-refractivity contribution in [3.05, 3.63) is 0 Å². The standard InChI is InChI=1S/C46H80N12O20/c1-71-39(63)55(40(64)72-2)27-15-47-35(59)11-23-51-19-9-20-53(25-13-37(61)49-17-29-57(43(67)75-5)44(68)76-6)33-34-54(26-14-38(62)50-18-30-58(45(69)77-7)46(70)78-8)22-10-21-52(32-31-51)24-12-36(60)48-16-28-56(41(65)73-3)42(66)74-4/h9-34H2,1-8H3,(H,47,59)(H,48,60)(H,49,61)(H,50,62). The minimum absolute atomic E-state index is 0.0393. The number of methoxy groups -OCH3 is 8. The van der Waals surface area contributed by atoms with Gasteiger partial charge in [0.15, 0.2) is 0 Å². The molecule has 0 aliphatic carbocycles. The van der Waals surface area contributed by atoms with E-state index in [1.54, 1.807) is 0 Å². The molecule has 0 bridgehead atoms. The minimum Gasteiger partial charge on any atom is -0.452 e. The predicted octanol–water partition coefficient (Wildman–Crippen LogP) is -0.647. The summed E-state index contributed by atoms with van der Waals surface area (Å²) in [4.78, 5) is 160. The molecule has 0 aromatic heterocycles. The molecule has 0 saturated carbocycles. The first-order chi connectivity index (χ1) is 37.3. The maximum Gasteiger partial charge on any atom is 0.419 e. The van der Waals surface area contributed by atoms with E-state index >= 15 is 0 Å². The molecular formula is C46H80N12O20. The molecule has 12 amide bonds. The summed E-state index contributed by atoms with van der Waals surface area (Å²) in [5.41, 5.74) is 0. The molecule has 1 saturated heterocycles. The van der Waals surface area contributed by atoms with E-state index in [0.717, 1.165) is 56.9 Å². The van der Waals surface area contributed by atoms with E-state index in [1.807, 2.05) is 0 Å². The van der Waals surface area contributed by atoms with Gasteiger partial charge in [0, 0.05) is 104 Å². The van der Waals surface area contributed by atoms with Crippen molar-refractivity contribution in [1.29, 1.82) is 0 Å². The summed E-state index contributed by atoms with van der Waals surface area (Å²) in [5.74, 6) is -1.43. The van der Waals surface area contributed by atoms with Gasteiger partial charge in [0.05, 0.1) is 83.1 Å². The molecule has 1 rings (SSSR count). The number of rotatable bonds is 24. The van der Waals surface area contributed by atoms with Gasteiger partial charge < -0.3 is 78.8 Å². The Kier molecular flexibility index (Phi) is 35.2. The second-order valence-corrected chi connectivity index (χ2v) is 16.8. The van der Waals surface area contributed by atoms with Crippen LogP contribution in [-0.4, -0.2) is 299 Å². The molecule has 32 heteroatoms. The van der Waals surface area contributed by atoms with E-state index in [9.17, 15) is 57.5 Å². The van der Waals surface area contributed by atoms with Crippen LogP contribution in [0.25, 0.3) is 0 Å². The van der Waals surface area contributed by atoms with Crippen LogP contribution in [0.15, 0.2) is 0 Å². The lowest BCUT2D eigenvalue weighted by Gasteiger charge is -2.32. The van der Waals surface area contributed by atoms with Gasteiger partial charge in [0.1, 0.15) is 0 Å². The van der Waals surface area contributed by atoms with Crippen molar-refractivity contribution in [2.24, 2.45) is 0 Å². The third-order valence-electron chi connectivity index (χ3n) is 11.8. The SMILES string of the molecule is COC(=O)N(CCNC(=O)CCN1CCCN(CCC(=O)NCCN(C(=O)OC)C(=O)OC)CCN(CCC(=O)NCCN(C(=O)OC)C(=O)OC)CCCN(CCC(=O)NCCN(C(=O)OC)C(=O)OC)CC1)C(=O)OC. The number of nitrogens with one attached hydrogen (secondary N) is 4. The molecule has 0 aromatic carbocycles. The molecule has 1 heterocycles. The highest BCUT2D eigenvalue weighted by molar-refractivity contribution is 5.89. The second-order valence-electron chi connectivity index (χ2n) is 16.8. The largest absolute Gasteiger partial charge is 0.452 e. The molecule has 0 unspecified atom stereocenters. The summed E-state index contributed by atoms with van der Waals surface area (Å²) in [7, 11) is 8.81. The van der Waals surface area contributed by atoms with Crippen molar-refractivity contribution in [3.63, 3.8) is 0 Å². The van der Waals surface area contributed by atoms with Gasteiger partial charge in [-0.3, -0.25) is 19.2 Å². The normalized spacial score (nSPS) is 13.8. The summed E-state index contributed by atoms with van der Waals surface area (Å²) in [6.45, 7) is 3.81. The molecule has 32 nitrogen and oxygen atoms in total. The van der Waals surface area contributed by atoms with Crippen LogP contribution in [0.3, 0.4) is 0 Å². The lowest BCUT2D eigenvalue weighted by Crippen LogP contribution is -2.45. The molecule has 78 heavy (non-hydrogen) atoms. The van der Waals surface area contributed by atoms with E-state index < -0.39 is 48.7 Å². The van der Waals surface area contributed by atoms with Gasteiger partial charge in [-0.2, -0.15) is 0 Å². The first-order valence-electron chi connectivity index (χ1n) is 25.0. The maximum absolute atomic E-state index is 13.1. The average Bonchev–Trinajstić information content (AvgIpc) is 3.44. The highest BCUT2D eigenvalue weighted by Crippen LogP contribution is 2.08. The first-order valence-corrected chi connectivity index (χ1v) is 25.0. The number of hydrogen-bond acceptors (Lipinski definition) is 24. The third kappa shape index (κ3) is 27.6. The summed E-state index contributed by atoms with van der Waals surface area (Å²) in [5, 5.41) is 10.8. The monoisotopic (exact) mass is 1120 g/mol. The fourth-order valence-corrected chi connectivity index (χ4v) is 7.47. The quantitative estimate of drug-likeness (QED) is 0.0873. The summed E-state index contributed by atoms with van der Waals surface area (Å²) < 4.78 is 37.1. The summed E-state index contributed by atoms with van der Waals surface area (Å²) >= 11 is 0. The smallest absolute Gasteiger partial charge is 0.419 e. The van der Waals surface area contributed by atoms with Gasteiger partial charge in [-0.05, 0) is 39.0 Å². The summed E-state index contributed by atoms with van der Waals surface area (Å²) in [6, 6.07) is 0. The van der Waals surface area contributed by atoms with Crippen LogP contribution in [0.4, 0.5) is 38.4 Å². The van der Waals surface area contributed by atoms with Gasteiger partial charge in [-0.15, -0.1) is 0 Å². The van der Waals surface area contributed by atoms with Crippen LogP contribution in [0, 0.1) is 0 Å². The number of nitrogens with zero attached hydrogens (tertiary/aromatic N) is 8. The molecule has 1 fully saturated rings. The van der Waals surface area contributed by atoms with Crippen LogP contribution in [-0.2, 0) is 57.1 Å². The van der Waals surface area contributed by atoms with E-state index in [-0.39, 0.29) is 102 Å². The van der Waals surface area contributed by atoms with Crippen LogP contribution < -0.4 is 21.3 Å². The molecule has 4 N–H and O–H groups in total. The number of ether oxygens (including phenoxy) is 8. The fourth-order valence-electron chi connectivity index (χ4n) is 7.47. The van der Waals surface area contributed by atoms with Crippen molar-refractivity contribution in [2.75, 3.05) is 188 Å². The molecule has 444 valence electrons. The lowest BCUT2D eigenvalue weighted by molar-refractivity contribution is -0.122. The Hall–Kier alpha value is -7.32. The van der Waals surface area contributed by atoms with Gasteiger partial charge in [-0.1, -0.05) is 0 Å². The Labute approximate surface area is 453 Å². The zero-order valence-corrected chi connectivity index (χ0v) is 46.1. The zero-order chi connectivity index (χ0) is 58.4. The van der Waals surface area contributed by atoms with Crippen molar-refractivity contribution in [1.82, 2.24) is 60.5 Å². The van der Waals surface area contributed by atoms with Gasteiger partial charge in [0.25, 0.3) is 0 Å². The van der Waals surface area contributed by atoms with Gasteiger partial charge in [-0.25, -0.2) is 58.0 Å². The molecule has 0 radical (unpaired) electrons. The second kappa shape index (κ2) is 40.0. The minimum atomic E-state index is -0.957. The van der Waals surface area contributed by atoms with Crippen LogP contribution in [0.1, 0.15) is 38.5 Å². The van der Waals surface area contributed by atoms with Crippen LogP contribution in [0.5, 0.6) is 0 Å². The van der Waals surface area contributed by atoms with Crippen LogP contribution in [0.2, 0.25) is 0 Å². The van der Waals surface area contributed by atoms with Gasteiger partial charge >= 0.3 is 48.7 Å². The van der Waals surface area contributed by atoms with Crippen molar-refractivity contribution in [3.8, 4) is 0 Å². The zero-order valence-electron chi connectivity index (χ0n) is 46.1. The van der Waals surface area contributed by atoms with Crippen molar-refractivity contribution < 1.29 is 95.4 Å². The van der Waals surface area contributed by atoms with E-state index in [4.69, 9.17) is 0 Å². The number of carbonyl (C=O) groups is 12. The van der Waals surface area contributed by atoms with E-state index in [2.05, 4.69) is 78.8 Å². The molecule has 0 aromatic rings. The Morgan fingerprint density at radius 3 is 0.615 bits per heavy atom. The number of carbonyl (C=O) groups excluding carboxylic acids is 12. The molecule has 1 aliphatic heterocycles. The maximum atomic E-state index is 13.1. The Bertz CT molecular complexity index is 1620. The highest BCUT2D eigenvalue weighted by atomic mass is 16.6. The Morgan fingerprint density at radius 1 is 0.295 bits per heavy atom. The van der Waals surface area contributed by atoms with E-state index in [1.165, 1.54) is 0 Å². The van der Waals surface area contributed by atoms with E-state index in [0.29, 0.717) is 111 Å². The van der Waals surface area contributed by atoms with Crippen molar-refractivity contribution in [2.45, 2.75) is 38.5 Å². The number of imide groups is 4. The summed E-state index contributed by atoms with van der Waals surface area (Å²) in [6.07, 6.45) is -6.36. The lowest BCUT2D eigenvalue weighted by atomic mass is 10.2. The Balaban J connectivity index is 3.36. The number of amides is 12. The Morgan fingerprint density at radius 2 is 0.462 bits per heavy atom. The van der Waals surface area contributed by atoms with Crippen molar-refractivity contribution >= 4 is 72.4 Å². The molecule has 1 aliphatic rings. The molecule has 0 atom stereocenters. The molecule has 0 spiro atoms. The third-order valence-corrected chi connectivity index (χ3v) is 11.8. The molecular weight excluding hydrogens is 1040 g/mol. The number of hydrogen-bond donors (Lipinski definition) is 4.